The van der Waals surface area contributed by atoms with Gasteiger partial charge in [0.2, 0.25) is 0 Å². The standard InChI is InChI=1S/C16H13ClO4/c1-9-3-5-11(13(7-9)15(18)19)12-8-10(16(20)21-2)4-6-14(12)17/h3-8H,1-2H3,(H,18,19). The van der Waals surface area contributed by atoms with Crippen LogP contribution in [0.4, 0.5) is 0 Å². The lowest BCUT2D eigenvalue weighted by atomic mass is 9.96. The van der Waals surface area contributed by atoms with E-state index in [1.807, 2.05) is 6.92 Å². The van der Waals surface area contributed by atoms with Crippen LogP contribution < -0.4 is 0 Å². The van der Waals surface area contributed by atoms with Crippen LogP contribution in [0.25, 0.3) is 11.1 Å². The molecule has 21 heavy (non-hydrogen) atoms. The van der Waals surface area contributed by atoms with Gasteiger partial charge in [-0.15, -0.1) is 0 Å². The molecule has 0 aliphatic rings. The van der Waals surface area contributed by atoms with Gasteiger partial charge < -0.3 is 9.84 Å². The van der Waals surface area contributed by atoms with Crippen molar-refractivity contribution in [3.8, 4) is 11.1 Å². The Kier molecular flexibility index (Phi) is 4.29. The van der Waals surface area contributed by atoms with E-state index in [-0.39, 0.29) is 5.56 Å². The van der Waals surface area contributed by atoms with Crippen molar-refractivity contribution in [2.45, 2.75) is 6.92 Å². The zero-order chi connectivity index (χ0) is 15.6. The van der Waals surface area contributed by atoms with E-state index in [0.717, 1.165) is 5.56 Å². The van der Waals surface area contributed by atoms with Gasteiger partial charge in [-0.1, -0.05) is 29.3 Å². The van der Waals surface area contributed by atoms with Crippen molar-refractivity contribution >= 4 is 23.5 Å². The average Bonchev–Trinajstić information content (AvgIpc) is 2.47. The first-order valence-electron chi connectivity index (χ1n) is 6.16. The molecule has 0 saturated carbocycles. The van der Waals surface area contributed by atoms with Crippen LogP contribution in [0.15, 0.2) is 36.4 Å². The maximum absolute atomic E-state index is 11.6. The summed E-state index contributed by atoms with van der Waals surface area (Å²) in [5.41, 5.74) is 2.23. The minimum atomic E-state index is -1.05. The second-order valence-electron chi connectivity index (χ2n) is 4.54. The van der Waals surface area contributed by atoms with Gasteiger partial charge in [0.1, 0.15) is 0 Å². The van der Waals surface area contributed by atoms with Gasteiger partial charge in [-0.25, -0.2) is 9.59 Å². The second kappa shape index (κ2) is 5.97. The van der Waals surface area contributed by atoms with Crippen molar-refractivity contribution in [2.24, 2.45) is 0 Å². The van der Waals surface area contributed by atoms with Crippen molar-refractivity contribution < 1.29 is 19.4 Å². The maximum atomic E-state index is 11.6. The molecule has 0 atom stereocenters. The minimum Gasteiger partial charge on any atom is -0.478 e. The highest BCUT2D eigenvalue weighted by molar-refractivity contribution is 6.33. The Morgan fingerprint density at radius 3 is 2.43 bits per heavy atom. The molecule has 0 aliphatic carbocycles. The molecule has 0 unspecified atom stereocenters. The highest BCUT2D eigenvalue weighted by Gasteiger charge is 2.16. The molecule has 0 heterocycles. The predicted octanol–water partition coefficient (Wildman–Crippen LogP) is 3.80. The molecule has 2 aromatic rings. The Labute approximate surface area is 126 Å². The molecule has 108 valence electrons. The van der Waals surface area contributed by atoms with E-state index >= 15 is 0 Å². The number of carboxylic acids is 1. The first kappa shape index (κ1) is 15.1. The summed E-state index contributed by atoms with van der Waals surface area (Å²) in [4.78, 5) is 23.0. The molecular formula is C16H13ClO4. The normalized spacial score (nSPS) is 10.2. The number of halogens is 1. The van der Waals surface area contributed by atoms with Gasteiger partial charge in [0.15, 0.2) is 0 Å². The van der Waals surface area contributed by atoms with Crippen LogP contribution in [0, 0.1) is 6.92 Å². The van der Waals surface area contributed by atoms with Crippen molar-refractivity contribution in [2.75, 3.05) is 7.11 Å². The van der Waals surface area contributed by atoms with Crippen LogP contribution in [0.3, 0.4) is 0 Å². The van der Waals surface area contributed by atoms with Gasteiger partial charge >= 0.3 is 11.9 Å². The molecule has 0 fully saturated rings. The molecule has 0 spiro atoms. The molecule has 4 nitrogen and oxygen atoms in total. The number of esters is 1. The Morgan fingerprint density at radius 1 is 1.10 bits per heavy atom. The number of carbonyl (C=O) groups is 2. The lowest BCUT2D eigenvalue weighted by Crippen LogP contribution is -2.03. The summed E-state index contributed by atoms with van der Waals surface area (Å²) in [5, 5.41) is 9.70. The summed E-state index contributed by atoms with van der Waals surface area (Å²) in [7, 11) is 1.28. The van der Waals surface area contributed by atoms with Crippen LogP contribution in [-0.2, 0) is 4.74 Å². The van der Waals surface area contributed by atoms with E-state index in [0.29, 0.717) is 21.7 Å². The third kappa shape index (κ3) is 3.06. The molecule has 0 aromatic heterocycles. The van der Waals surface area contributed by atoms with E-state index in [2.05, 4.69) is 4.74 Å². The van der Waals surface area contributed by atoms with Crippen LogP contribution in [0.5, 0.6) is 0 Å². The quantitative estimate of drug-likeness (QED) is 0.876. The van der Waals surface area contributed by atoms with Crippen LogP contribution >= 0.6 is 11.6 Å². The van der Waals surface area contributed by atoms with E-state index in [1.165, 1.54) is 19.2 Å². The summed E-state index contributed by atoms with van der Waals surface area (Å²) in [6.45, 7) is 1.81. The number of ether oxygens (including phenoxy) is 1. The van der Waals surface area contributed by atoms with E-state index in [4.69, 9.17) is 11.6 Å². The Balaban J connectivity index is 2.66. The fourth-order valence-electron chi connectivity index (χ4n) is 2.05. The second-order valence-corrected chi connectivity index (χ2v) is 4.95. The van der Waals surface area contributed by atoms with Crippen LogP contribution in [-0.4, -0.2) is 24.2 Å². The molecule has 5 heteroatoms. The van der Waals surface area contributed by atoms with E-state index < -0.39 is 11.9 Å². The van der Waals surface area contributed by atoms with Gasteiger partial charge in [-0.2, -0.15) is 0 Å². The van der Waals surface area contributed by atoms with Crippen LogP contribution in [0.2, 0.25) is 5.02 Å². The molecule has 0 amide bonds. The first-order valence-corrected chi connectivity index (χ1v) is 6.54. The van der Waals surface area contributed by atoms with Crippen molar-refractivity contribution in [3.63, 3.8) is 0 Å². The number of aryl methyl sites for hydroxylation is 1. The van der Waals surface area contributed by atoms with Gasteiger partial charge in [0.25, 0.3) is 0 Å². The van der Waals surface area contributed by atoms with Gasteiger partial charge in [-0.05, 0) is 36.8 Å². The summed E-state index contributed by atoms with van der Waals surface area (Å²) in [6.07, 6.45) is 0. The van der Waals surface area contributed by atoms with Gasteiger partial charge in [0, 0.05) is 10.6 Å². The zero-order valence-corrected chi connectivity index (χ0v) is 12.3. The summed E-state index contributed by atoms with van der Waals surface area (Å²) in [6, 6.07) is 9.66. The van der Waals surface area contributed by atoms with Crippen LogP contribution in [0.1, 0.15) is 26.3 Å². The Bertz CT molecular complexity index is 722. The van der Waals surface area contributed by atoms with Crippen molar-refractivity contribution in [1.29, 1.82) is 0 Å². The number of aromatic carboxylic acids is 1. The number of carboxylic acid groups (broad SMARTS) is 1. The number of hydrogen-bond acceptors (Lipinski definition) is 3. The van der Waals surface area contributed by atoms with Gasteiger partial charge in [0.05, 0.1) is 18.2 Å². The largest absolute Gasteiger partial charge is 0.478 e. The fraction of sp³-hybridized carbons (Fsp3) is 0.125. The highest BCUT2D eigenvalue weighted by Crippen LogP contribution is 2.32. The monoisotopic (exact) mass is 304 g/mol. The maximum Gasteiger partial charge on any atom is 0.337 e. The fourth-order valence-corrected chi connectivity index (χ4v) is 2.27. The lowest BCUT2D eigenvalue weighted by molar-refractivity contribution is 0.0600. The predicted molar refractivity (Wildman–Crippen MR) is 79.9 cm³/mol. The number of hydrogen-bond donors (Lipinski definition) is 1. The van der Waals surface area contributed by atoms with Crippen molar-refractivity contribution in [1.82, 2.24) is 0 Å². The number of carbonyl (C=O) groups excluding carboxylic acids is 1. The molecule has 1 N–H and O–H groups in total. The highest BCUT2D eigenvalue weighted by atomic mass is 35.5. The van der Waals surface area contributed by atoms with Crippen molar-refractivity contribution in [3.05, 3.63) is 58.1 Å². The summed E-state index contributed by atoms with van der Waals surface area (Å²) < 4.78 is 4.67. The average molecular weight is 305 g/mol. The number of benzene rings is 2. The minimum absolute atomic E-state index is 0.138. The molecule has 0 radical (unpaired) electrons. The number of rotatable bonds is 3. The summed E-state index contributed by atoms with van der Waals surface area (Å²) >= 11 is 6.15. The lowest BCUT2D eigenvalue weighted by Gasteiger charge is -2.11. The molecular weight excluding hydrogens is 292 g/mol. The Hall–Kier alpha value is -2.33. The molecule has 0 saturated heterocycles. The first-order chi connectivity index (χ1) is 9.93. The smallest absolute Gasteiger partial charge is 0.337 e. The third-order valence-electron chi connectivity index (χ3n) is 3.08. The molecule has 2 rings (SSSR count). The molecule has 0 aliphatic heterocycles. The molecule has 0 bridgehead atoms. The van der Waals surface area contributed by atoms with Gasteiger partial charge in [-0.3, -0.25) is 0 Å². The van der Waals surface area contributed by atoms with E-state index in [1.54, 1.807) is 24.3 Å². The third-order valence-corrected chi connectivity index (χ3v) is 3.41. The topological polar surface area (TPSA) is 63.6 Å². The van der Waals surface area contributed by atoms with E-state index in [9.17, 15) is 14.7 Å². The summed E-state index contributed by atoms with van der Waals surface area (Å²) in [5.74, 6) is -1.55. The zero-order valence-electron chi connectivity index (χ0n) is 11.5. The molecule has 2 aromatic carbocycles. The Morgan fingerprint density at radius 2 is 1.81 bits per heavy atom. The SMILES string of the molecule is COC(=O)c1ccc(Cl)c(-c2ccc(C)cc2C(=O)O)c1. The number of methoxy groups -OCH3 is 1.